The second kappa shape index (κ2) is 6.46. The maximum atomic E-state index is 11.5. The van der Waals surface area contributed by atoms with Crippen LogP contribution >= 0.6 is 0 Å². The lowest BCUT2D eigenvalue weighted by atomic mass is 10.1. The van der Waals surface area contributed by atoms with Gasteiger partial charge in [-0.05, 0) is 24.1 Å². The molecule has 1 amide bonds. The van der Waals surface area contributed by atoms with Gasteiger partial charge in [0.05, 0.1) is 17.7 Å². The quantitative estimate of drug-likeness (QED) is 0.741. The maximum Gasteiger partial charge on any atom is 0.237 e. The molecule has 0 aliphatic heterocycles. The predicted molar refractivity (Wildman–Crippen MR) is 65.8 cm³/mol. The first kappa shape index (κ1) is 12.9. The fourth-order valence-corrected chi connectivity index (χ4v) is 1.36. The fourth-order valence-electron chi connectivity index (χ4n) is 1.36. The largest absolute Gasteiger partial charge is 0.351 e. The summed E-state index contributed by atoms with van der Waals surface area (Å²) in [4.78, 5) is 11.5. The number of benzene rings is 1. The molecule has 4 heteroatoms. The molecule has 4 nitrogen and oxygen atoms in total. The van der Waals surface area contributed by atoms with E-state index in [1.54, 1.807) is 24.3 Å². The van der Waals surface area contributed by atoms with Crippen LogP contribution < -0.4 is 11.1 Å². The van der Waals surface area contributed by atoms with Crippen LogP contribution in [0.25, 0.3) is 0 Å². The second-order valence-electron chi connectivity index (χ2n) is 3.66. The lowest BCUT2D eigenvalue weighted by Gasteiger charge is -2.10. The Bertz CT molecular complexity index is 448. The summed E-state index contributed by atoms with van der Waals surface area (Å²) in [5.41, 5.74) is 7.07. The number of hydrogen-bond acceptors (Lipinski definition) is 3. The van der Waals surface area contributed by atoms with Gasteiger partial charge in [0, 0.05) is 6.54 Å². The normalized spacial score (nSPS) is 11.3. The predicted octanol–water partition coefficient (Wildman–Crippen LogP) is 1.08. The summed E-state index contributed by atoms with van der Waals surface area (Å²) in [6, 6.07) is 8.57. The summed E-state index contributed by atoms with van der Waals surface area (Å²) >= 11 is 0. The van der Waals surface area contributed by atoms with Crippen LogP contribution in [-0.4, -0.2) is 11.9 Å². The van der Waals surface area contributed by atoms with Crippen molar-refractivity contribution in [2.45, 2.75) is 19.0 Å². The van der Waals surface area contributed by atoms with Gasteiger partial charge in [0.1, 0.15) is 0 Å². The van der Waals surface area contributed by atoms with Crippen molar-refractivity contribution in [2.24, 2.45) is 5.73 Å². The van der Waals surface area contributed by atoms with E-state index in [1.807, 2.05) is 12.1 Å². The molecular formula is C13H15N3O. The standard InChI is InChI=1S/C13H15N3O/c1-2-4-12(15)13(17)16-9-11-6-3-5-10(7-11)8-14/h2-3,5-7,12H,1,4,9,15H2,(H,16,17). The Balaban J connectivity index is 2.53. The summed E-state index contributed by atoms with van der Waals surface area (Å²) in [6.07, 6.45) is 2.06. The van der Waals surface area contributed by atoms with Crippen LogP contribution in [0.15, 0.2) is 36.9 Å². The van der Waals surface area contributed by atoms with Crippen LogP contribution in [0.4, 0.5) is 0 Å². The number of nitrogens with zero attached hydrogens (tertiary/aromatic N) is 1. The molecule has 1 unspecified atom stereocenters. The zero-order valence-corrected chi connectivity index (χ0v) is 9.52. The molecule has 1 aromatic rings. The Hall–Kier alpha value is -2.12. The van der Waals surface area contributed by atoms with Crippen molar-refractivity contribution in [2.75, 3.05) is 0 Å². The Labute approximate surface area is 101 Å². The molecule has 0 spiro atoms. The highest BCUT2D eigenvalue weighted by Gasteiger charge is 2.10. The third kappa shape index (κ3) is 4.09. The summed E-state index contributed by atoms with van der Waals surface area (Å²) in [7, 11) is 0. The molecular weight excluding hydrogens is 214 g/mol. The van der Waals surface area contributed by atoms with Gasteiger partial charge in [-0.15, -0.1) is 6.58 Å². The van der Waals surface area contributed by atoms with E-state index >= 15 is 0 Å². The Morgan fingerprint density at radius 3 is 3.06 bits per heavy atom. The van der Waals surface area contributed by atoms with E-state index in [0.29, 0.717) is 18.5 Å². The van der Waals surface area contributed by atoms with Gasteiger partial charge in [-0.3, -0.25) is 4.79 Å². The zero-order valence-electron chi connectivity index (χ0n) is 9.52. The van der Waals surface area contributed by atoms with Crippen molar-refractivity contribution in [3.8, 4) is 6.07 Å². The van der Waals surface area contributed by atoms with Gasteiger partial charge in [-0.2, -0.15) is 5.26 Å². The minimum absolute atomic E-state index is 0.215. The van der Waals surface area contributed by atoms with Crippen LogP contribution in [0, 0.1) is 11.3 Å². The van der Waals surface area contributed by atoms with E-state index in [-0.39, 0.29) is 5.91 Å². The van der Waals surface area contributed by atoms with Crippen molar-refractivity contribution in [1.29, 1.82) is 5.26 Å². The van der Waals surface area contributed by atoms with Gasteiger partial charge in [0.15, 0.2) is 0 Å². The van der Waals surface area contributed by atoms with E-state index < -0.39 is 6.04 Å². The van der Waals surface area contributed by atoms with E-state index in [1.165, 1.54) is 0 Å². The average Bonchev–Trinajstić information content (AvgIpc) is 2.36. The Kier molecular flexibility index (Phi) is 4.92. The second-order valence-corrected chi connectivity index (χ2v) is 3.66. The third-order valence-electron chi connectivity index (χ3n) is 2.28. The molecule has 0 fully saturated rings. The lowest BCUT2D eigenvalue weighted by Crippen LogP contribution is -2.39. The van der Waals surface area contributed by atoms with E-state index in [9.17, 15) is 4.79 Å². The molecule has 0 aliphatic carbocycles. The van der Waals surface area contributed by atoms with Crippen molar-refractivity contribution in [1.82, 2.24) is 5.32 Å². The Morgan fingerprint density at radius 2 is 2.41 bits per heavy atom. The average molecular weight is 229 g/mol. The molecule has 0 heterocycles. The minimum Gasteiger partial charge on any atom is -0.351 e. The molecule has 0 aliphatic rings. The van der Waals surface area contributed by atoms with Crippen molar-refractivity contribution >= 4 is 5.91 Å². The van der Waals surface area contributed by atoms with Crippen LogP contribution in [0.3, 0.4) is 0 Å². The molecule has 1 atom stereocenters. The summed E-state index contributed by atoms with van der Waals surface area (Å²) in [5.74, 6) is -0.215. The minimum atomic E-state index is -0.563. The summed E-state index contributed by atoms with van der Waals surface area (Å²) in [6.45, 7) is 3.90. The van der Waals surface area contributed by atoms with E-state index in [4.69, 9.17) is 11.0 Å². The molecule has 0 saturated heterocycles. The van der Waals surface area contributed by atoms with Crippen molar-refractivity contribution in [3.05, 3.63) is 48.0 Å². The SMILES string of the molecule is C=CCC(N)C(=O)NCc1cccc(C#N)c1. The van der Waals surface area contributed by atoms with E-state index in [2.05, 4.69) is 11.9 Å². The number of carbonyl (C=O) groups is 1. The van der Waals surface area contributed by atoms with Crippen LogP contribution in [0.2, 0.25) is 0 Å². The molecule has 1 aromatic carbocycles. The molecule has 0 radical (unpaired) electrons. The zero-order chi connectivity index (χ0) is 12.7. The van der Waals surface area contributed by atoms with Crippen LogP contribution in [0.5, 0.6) is 0 Å². The smallest absolute Gasteiger partial charge is 0.237 e. The molecule has 1 rings (SSSR count). The number of nitriles is 1. The van der Waals surface area contributed by atoms with Gasteiger partial charge in [0.25, 0.3) is 0 Å². The van der Waals surface area contributed by atoms with Crippen molar-refractivity contribution in [3.63, 3.8) is 0 Å². The first-order chi connectivity index (χ1) is 8.17. The number of nitrogens with two attached hydrogens (primary N) is 1. The monoisotopic (exact) mass is 229 g/mol. The first-order valence-electron chi connectivity index (χ1n) is 5.30. The highest BCUT2D eigenvalue weighted by Crippen LogP contribution is 2.03. The summed E-state index contributed by atoms with van der Waals surface area (Å²) < 4.78 is 0. The maximum absolute atomic E-state index is 11.5. The molecule has 3 N–H and O–H groups in total. The highest BCUT2D eigenvalue weighted by atomic mass is 16.2. The molecule has 0 saturated carbocycles. The number of amides is 1. The van der Waals surface area contributed by atoms with Crippen LogP contribution in [-0.2, 0) is 11.3 Å². The topological polar surface area (TPSA) is 78.9 Å². The third-order valence-corrected chi connectivity index (χ3v) is 2.28. The molecule has 0 bridgehead atoms. The van der Waals surface area contributed by atoms with Crippen LogP contribution in [0.1, 0.15) is 17.5 Å². The molecule has 0 aromatic heterocycles. The lowest BCUT2D eigenvalue weighted by molar-refractivity contribution is -0.122. The van der Waals surface area contributed by atoms with Gasteiger partial charge >= 0.3 is 0 Å². The fraction of sp³-hybridized carbons (Fsp3) is 0.231. The molecule has 17 heavy (non-hydrogen) atoms. The number of carbonyl (C=O) groups excluding carboxylic acids is 1. The number of hydrogen-bond donors (Lipinski definition) is 2. The van der Waals surface area contributed by atoms with E-state index in [0.717, 1.165) is 5.56 Å². The number of nitrogens with one attached hydrogen (secondary N) is 1. The molecule has 88 valence electrons. The first-order valence-corrected chi connectivity index (χ1v) is 5.30. The van der Waals surface area contributed by atoms with Gasteiger partial charge < -0.3 is 11.1 Å². The number of rotatable bonds is 5. The van der Waals surface area contributed by atoms with Gasteiger partial charge in [-0.25, -0.2) is 0 Å². The van der Waals surface area contributed by atoms with Crippen molar-refractivity contribution < 1.29 is 4.79 Å². The summed E-state index contributed by atoms with van der Waals surface area (Å²) in [5, 5.41) is 11.4. The Morgan fingerprint density at radius 1 is 1.65 bits per heavy atom. The highest BCUT2D eigenvalue weighted by molar-refractivity contribution is 5.81. The van der Waals surface area contributed by atoms with Gasteiger partial charge in [-0.1, -0.05) is 18.2 Å². The van der Waals surface area contributed by atoms with Gasteiger partial charge in [0.2, 0.25) is 5.91 Å².